The van der Waals surface area contributed by atoms with Gasteiger partial charge in [-0.2, -0.15) is 8.42 Å². The Morgan fingerprint density at radius 3 is 1.94 bits per heavy atom. The van der Waals surface area contributed by atoms with Crippen LogP contribution >= 0.6 is 0 Å². The van der Waals surface area contributed by atoms with Crippen LogP contribution in [0.5, 0.6) is 34.5 Å². The molecule has 0 bridgehead atoms. The van der Waals surface area contributed by atoms with Crippen molar-refractivity contribution in [2.45, 2.75) is 12.3 Å². The zero-order valence-corrected chi connectivity index (χ0v) is 20.0. The van der Waals surface area contributed by atoms with Gasteiger partial charge in [0.2, 0.25) is 11.5 Å². The Hall–Kier alpha value is -2.93. The van der Waals surface area contributed by atoms with Crippen molar-refractivity contribution in [2.24, 2.45) is 11.8 Å². The lowest BCUT2D eigenvalue weighted by atomic mass is 9.66. The summed E-state index contributed by atoms with van der Waals surface area (Å²) in [5.41, 5.74) is 1.69. The second-order valence-corrected chi connectivity index (χ2v) is 8.90. The minimum atomic E-state index is -4.78. The summed E-state index contributed by atoms with van der Waals surface area (Å²) in [4.78, 5) is 0. The van der Waals surface area contributed by atoms with Gasteiger partial charge in [-0.3, -0.25) is 4.55 Å². The van der Waals surface area contributed by atoms with E-state index in [0.29, 0.717) is 16.7 Å². The van der Waals surface area contributed by atoms with Crippen LogP contribution < -0.4 is 18.9 Å². The van der Waals surface area contributed by atoms with Crippen LogP contribution in [0.25, 0.3) is 0 Å². The minimum absolute atomic E-state index is 0.0909. The van der Waals surface area contributed by atoms with E-state index in [2.05, 4.69) is 0 Å². The van der Waals surface area contributed by atoms with Crippen LogP contribution in [0, 0.1) is 11.8 Å². The molecule has 0 spiro atoms. The molecule has 0 aliphatic heterocycles. The normalized spacial score (nSPS) is 19.9. The molecule has 2 aromatic rings. The first kappa shape index (κ1) is 25.7. The first-order chi connectivity index (χ1) is 16.1. The maximum absolute atomic E-state index is 11.4. The summed E-state index contributed by atoms with van der Waals surface area (Å²) in [6.45, 7) is -0.803. The number of aliphatic hydroxyl groups is 1. The molecule has 0 fully saturated rings. The van der Waals surface area contributed by atoms with Gasteiger partial charge in [0.05, 0.1) is 35.0 Å². The van der Waals surface area contributed by atoms with Crippen LogP contribution in [0.2, 0.25) is 0 Å². The van der Waals surface area contributed by atoms with Gasteiger partial charge in [0, 0.05) is 24.0 Å². The fraction of sp³-hybridized carbons (Fsp3) is 0.455. The zero-order valence-electron chi connectivity index (χ0n) is 19.1. The summed E-state index contributed by atoms with van der Waals surface area (Å²) in [6, 6.07) is 4.69. The van der Waals surface area contributed by atoms with E-state index in [1.54, 1.807) is 6.07 Å². The summed E-state index contributed by atoms with van der Waals surface area (Å²) >= 11 is 0. The second-order valence-electron chi connectivity index (χ2n) is 7.81. The van der Waals surface area contributed by atoms with Crippen molar-refractivity contribution in [3.05, 3.63) is 34.9 Å². The van der Waals surface area contributed by atoms with E-state index in [1.807, 2.05) is 0 Å². The van der Waals surface area contributed by atoms with Gasteiger partial charge in [-0.05, 0) is 41.7 Å². The molecule has 0 unspecified atom stereocenters. The Bertz CT molecular complexity index is 1120. The fourth-order valence-corrected chi connectivity index (χ4v) is 4.91. The Morgan fingerprint density at radius 1 is 0.912 bits per heavy atom. The number of hydrogen-bond donors (Lipinski definition) is 4. The van der Waals surface area contributed by atoms with Gasteiger partial charge in [-0.15, -0.1) is 0 Å². The standard InChI is InChI=1S/C22H28O11S/c1-29-15-7-12(8-16(30-2)20(15)24)18-14(10-33-34(26,27)28)13(9-23)5-11-6-17(31-3)21(25)22(32-4)19(11)18/h6-8,13-14,18,23-25H,5,9-10H2,1-4H3,(H,26,27,28)/t13-,14-,18+/m1/s1. The molecule has 0 amide bonds. The summed E-state index contributed by atoms with van der Waals surface area (Å²) in [7, 11) is 0.704. The van der Waals surface area contributed by atoms with Crippen molar-refractivity contribution < 1.29 is 51.4 Å². The molecule has 0 saturated heterocycles. The summed E-state index contributed by atoms with van der Waals surface area (Å²) in [5.74, 6) is -2.01. The third kappa shape index (κ3) is 4.80. The number of phenols is 2. The Balaban J connectivity index is 2.34. The molecule has 1 aliphatic rings. The van der Waals surface area contributed by atoms with Crippen LogP contribution in [0.1, 0.15) is 22.6 Å². The van der Waals surface area contributed by atoms with E-state index in [0.717, 1.165) is 0 Å². The maximum Gasteiger partial charge on any atom is 0.397 e. The van der Waals surface area contributed by atoms with Crippen LogP contribution in [0.3, 0.4) is 0 Å². The average Bonchev–Trinajstić information content (AvgIpc) is 2.81. The number of methoxy groups -OCH3 is 4. The van der Waals surface area contributed by atoms with Gasteiger partial charge in [0.1, 0.15) is 0 Å². The fourth-order valence-electron chi connectivity index (χ4n) is 4.59. The molecule has 188 valence electrons. The number of hydrogen-bond acceptors (Lipinski definition) is 10. The van der Waals surface area contributed by atoms with Crippen molar-refractivity contribution in [3.63, 3.8) is 0 Å². The quantitative estimate of drug-likeness (QED) is 0.372. The number of fused-ring (bicyclic) bond motifs is 1. The number of aromatic hydroxyl groups is 2. The topological polar surface area (TPSA) is 161 Å². The zero-order chi connectivity index (χ0) is 25.2. The molecule has 3 atom stereocenters. The third-order valence-electron chi connectivity index (χ3n) is 6.10. The molecule has 4 N–H and O–H groups in total. The van der Waals surface area contributed by atoms with E-state index in [-0.39, 0.29) is 47.5 Å². The largest absolute Gasteiger partial charge is 0.502 e. The minimum Gasteiger partial charge on any atom is -0.502 e. The molecule has 1 aliphatic carbocycles. The number of ether oxygens (including phenoxy) is 4. The van der Waals surface area contributed by atoms with Gasteiger partial charge in [-0.25, -0.2) is 4.18 Å². The molecule has 0 radical (unpaired) electrons. The smallest absolute Gasteiger partial charge is 0.397 e. The molecule has 0 aromatic heterocycles. The molecular weight excluding hydrogens is 472 g/mol. The highest BCUT2D eigenvalue weighted by molar-refractivity contribution is 7.80. The number of phenolic OH excluding ortho intramolecular Hbond substituents is 2. The van der Waals surface area contributed by atoms with E-state index in [1.165, 1.54) is 40.6 Å². The average molecular weight is 501 g/mol. The summed E-state index contributed by atoms with van der Waals surface area (Å²) in [6.07, 6.45) is 0.279. The molecule has 0 heterocycles. The van der Waals surface area contributed by atoms with Gasteiger partial charge in [0.15, 0.2) is 23.0 Å². The first-order valence-electron chi connectivity index (χ1n) is 10.2. The molecule has 2 aromatic carbocycles. The van der Waals surface area contributed by atoms with Crippen LogP contribution in [-0.2, 0) is 21.0 Å². The predicted octanol–water partition coefficient (Wildman–Crippen LogP) is 1.86. The van der Waals surface area contributed by atoms with E-state index in [4.69, 9.17) is 23.1 Å². The third-order valence-corrected chi connectivity index (χ3v) is 6.53. The monoisotopic (exact) mass is 500 g/mol. The molecule has 12 heteroatoms. The van der Waals surface area contributed by atoms with Crippen molar-refractivity contribution in [1.29, 1.82) is 0 Å². The Morgan fingerprint density at radius 2 is 1.47 bits per heavy atom. The summed E-state index contributed by atoms with van der Waals surface area (Å²) < 4.78 is 58.0. The van der Waals surface area contributed by atoms with Crippen molar-refractivity contribution in [1.82, 2.24) is 0 Å². The highest BCUT2D eigenvalue weighted by Gasteiger charge is 2.42. The highest BCUT2D eigenvalue weighted by Crippen LogP contribution is 2.54. The van der Waals surface area contributed by atoms with Crippen LogP contribution in [-0.4, -0.2) is 69.9 Å². The number of benzene rings is 2. The van der Waals surface area contributed by atoms with E-state index >= 15 is 0 Å². The van der Waals surface area contributed by atoms with Crippen molar-refractivity contribution in [3.8, 4) is 34.5 Å². The first-order valence-corrected chi connectivity index (χ1v) is 11.6. The predicted molar refractivity (Wildman–Crippen MR) is 120 cm³/mol. The second kappa shape index (κ2) is 10.1. The van der Waals surface area contributed by atoms with Crippen LogP contribution in [0.4, 0.5) is 0 Å². The Kier molecular flexibility index (Phi) is 7.66. The van der Waals surface area contributed by atoms with E-state index in [9.17, 15) is 28.3 Å². The lowest BCUT2D eigenvalue weighted by Crippen LogP contribution is -2.36. The lowest BCUT2D eigenvalue weighted by molar-refractivity contribution is 0.106. The van der Waals surface area contributed by atoms with E-state index < -0.39 is 34.8 Å². The van der Waals surface area contributed by atoms with Gasteiger partial charge in [-0.1, -0.05) is 0 Å². The maximum atomic E-state index is 11.4. The lowest BCUT2D eigenvalue weighted by Gasteiger charge is -2.40. The SMILES string of the molecule is COc1cc([C@@H]2c3c(cc(OC)c(O)c3OC)C[C@H](CO)[C@H]2COS(=O)(=O)O)cc(OC)c1O. The molecule has 34 heavy (non-hydrogen) atoms. The molecule has 0 saturated carbocycles. The molecule has 3 rings (SSSR count). The Labute approximate surface area is 197 Å². The van der Waals surface area contributed by atoms with Gasteiger partial charge < -0.3 is 34.3 Å². The number of aliphatic hydroxyl groups excluding tert-OH is 1. The van der Waals surface area contributed by atoms with Gasteiger partial charge >= 0.3 is 10.4 Å². The van der Waals surface area contributed by atoms with Crippen LogP contribution in [0.15, 0.2) is 18.2 Å². The van der Waals surface area contributed by atoms with Crippen molar-refractivity contribution in [2.75, 3.05) is 41.7 Å². The molecule has 11 nitrogen and oxygen atoms in total. The highest BCUT2D eigenvalue weighted by atomic mass is 32.3. The number of rotatable bonds is 9. The molecular formula is C22H28O11S. The summed E-state index contributed by atoms with van der Waals surface area (Å²) in [5, 5.41) is 31.3. The van der Waals surface area contributed by atoms with Crippen molar-refractivity contribution >= 4 is 10.4 Å². The van der Waals surface area contributed by atoms with Gasteiger partial charge in [0.25, 0.3) is 0 Å².